The monoisotopic (exact) mass is 442 g/mol. The number of pyridine rings is 1. The first kappa shape index (κ1) is 24.6. The second-order valence-electron chi connectivity index (χ2n) is 7.72. The summed E-state index contributed by atoms with van der Waals surface area (Å²) in [6, 6.07) is 1.01. The van der Waals surface area contributed by atoms with Crippen LogP contribution in [0.25, 0.3) is 0 Å². The number of carbonyl (C=O) groups excluding carboxylic acids is 3. The molecule has 2 atom stereocenters. The molecule has 1 aromatic rings. The minimum atomic E-state index is -0.827. The van der Waals surface area contributed by atoms with E-state index in [1.54, 1.807) is 26.2 Å². The fourth-order valence-corrected chi connectivity index (χ4v) is 3.42. The standard InChI is InChI=1S/C23H30N4O5/c1-14-6-7-20(15(2)8-19(32-5)9-16(3)31-4)27(13-14)23(30)22(29)26-18-10-17(21(24)28)11-25-12-18/h8-12,14,20H,2,6-7,13H2,1,3-5H3,(H2,24,28)(H,26,29)/b16-9+,19-8+/t14-,20+/m1/s1. The summed E-state index contributed by atoms with van der Waals surface area (Å²) in [5, 5.41) is 2.50. The Kier molecular flexibility index (Phi) is 8.57. The van der Waals surface area contributed by atoms with Crippen LogP contribution in [0, 0.1) is 5.92 Å². The molecule has 1 aliphatic rings. The first-order valence-corrected chi connectivity index (χ1v) is 10.2. The van der Waals surface area contributed by atoms with Gasteiger partial charge < -0.3 is 25.4 Å². The van der Waals surface area contributed by atoms with E-state index in [0.717, 1.165) is 6.42 Å². The van der Waals surface area contributed by atoms with Gasteiger partial charge in [0.25, 0.3) is 0 Å². The second-order valence-corrected chi connectivity index (χ2v) is 7.72. The number of ether oxygens (including phenoxy) is 2. The predicted octanol–water partition coefficient (Wildman–Crippen LogP) is 2.38. The number of aromatic nitrogens is 1. The lowest BCUT2D eigenvalue weighted by Gasteiger charge is -2.38. The van der Waals surface area contributed by atoms with Crippen molar-refractivity contribution in [3.63, 3.8) is 0 Å². The van der Waals surface area contributed by atoms with E-state index >= 15 is 0 Å². The van der Waals surface area contributed by atoms with Gasteiger partial charge in [0.2, 0.25) is 5.91 Å². The van der Waals surface area contributed by atoms with E-state index in [-0.39, 0.29) is 23.2 Å². The molecule has 0 unspecified atom stereocenters. The van der Waals surface area contributed by atoms with Crippen LogP contribution in [-0.4, -0.2) is 54.4 Å². The van der Waals surface area contributed by atoms with Crippen LogP contribution in [0.4, 0.5) is 5.69 Å². The summed E-state index contributed by atoms with van der Waals surface area (Å²) >= 11 is 0. The fraction of sp³-hybridized carbons (Fsp3) is 0.391. The van der Waals surface area contributed by atoms with Crippen LogP contribution in [0.15, 0.2) is 54.3 Å². The van der Waals surface area contributed by atoms with Crippen molar-refractivity contribution in [1.82, 2.24) is 9.88 Å². The van der Waals surface area contributed by atoms with Crippen LogP contribution >= 0.6 is 0 Å². The number of hydrogen-bond donors (Lipinski definition) is 2. The maximum Gasteiger partial charge on any atom is 0.313 e. The Labute approximate surface area is 188 Å². The van der Waals surface area contributed by atoms with E-state index in [1.807, 2.05) is 6.92 Å². The van der Waals surface area contributed by atoms with Gasteiger partial charge in [0.05, 0.1) is 43.5 Å². The van der Waals surface area contributed by atoms with Gasteiger partial charge in [-0.25, -0.2) is 0 Å². The summed E-state index contributed by atoms with van der Waals surface area (Å²) in [6.07, 6.45) is 7.63. The van der Waals surface area contributed by atoms with Gasteiger partial charge in [-0.2, -0.15) is 0 Å². The van der Waals surface area contributed by atoms with E-state index in [2.05, 4.69) is 16.9 Å². The van der Waals surface area contributed by atoms with Crippen LogP contribution in [-0.2, 0) is 19.1 Å². The van der Waals surface area contributed by atoms with Crippen molar-refractivity contribution in [2.24, 2.45) is 11.7 Å². The van der Waals surface area contributed by atoms with Crippen molar-refractivity contribution in [3.8, 4) is 0 Å². The topological polar surface area (TPSA) is 124 Å². The van der Waals surface area contributed by atoms with Crippen LogP contribution in [0.2, 0.25) is 0 Å². The Morgan fingerprint density at radius 2 is 1.94 bits per heavy atom. The molecule has 0 bridgehead atoms. The number of piperidine rings is 1. The number of amides is 3. The largest absolute Gasteiger partial charge is 0.501 e. The zero-order valence-electron chi connectivity index (χ0n) is 18.9. The third-order valence-corrected chi connectivity index (χ3v) is 5.21. The number of nitrogens with zero attached hydrogens (tertiary/aromatic N) is 2. The molecule has 2 rings (SSSR count). The molecule has 0 aliphatic carbocycles. The molecule has 1 fully saturated rings. The van der Waals surface area contributed by atoms with E-state index in [0.29, 0.717) is 30.1 Å². The number of hydrogen-bond acceptors (Lipinski definition) is 6. The Morgan fingerprint density at radius 1 is 1.22 bits per heavy atom. The highest BCUT2D eigenvalue weighted by molar-refractivity contribution is 6.39. The molecule has 172 valence electrons. The van der Waals surface area contributed by atoms with Gasteiger partial charge in [-0.05, 0) is 43.4 Å². The molecule has 0 radical (unpaired) electrons. The number of primary amides is 1. The normalized spacial score (nSPS) is 19.2. The molecule has 0 saturated carbocycles. The van der Waals surface area contributed by atoms with E-state index in [9.17, 15) is 14.4 Å². The Hall–Kier alpha value is -3.62. The van der Waals surface area contributed by atoms with Gasteiger partial charge in [0, 0.05) is 18.8 Å². The minimum Gasteiger partial charge on any atom is -0.501 e. The SMILES string of the molecule is C=C(/C=C(\C=C(/C)OC)OC)[C@@H]1CC[C@@H](C)CN1C(=O)C(=O)Nc1cncc(C(N)=O)c1. The summed E-state index contributed by atoms with van der Waals surface area (Å²) in [5.74, 6) is -0.784. The minimum absolute atomic E-state index is 0.129. The van der Waals surface area contributed by atoms with Crippen LogP contribution in [0.5, 0.6) is 0 Å². The van der Waals surface area contributed by atoms with Gasteiger partial charge in [-0.1, -0.05) is 13.5 Å². The Bertz CT molecular complexity index is 953. The lowest BCUT2D eigenvalue weighted by atomic mass is 9.90. The average Bonchev–Trinajstić information content (AvgIpc) is 2.77. The Morgan fingerprint density at radius 3 is 2.56 bits per heavy atom. The second kappa shape index (κ2) is 11.1. The summed E-state index contributed by atoms with van der Waals surface area (Å²) in [7, 11) is 3.09. The highest BCUT2D eigenvalue weighted by Crippen LogP contribution is 2.27. The lowest BCUT2D eigenvalue weighted by molar-refractivity contribution is -0.145. The molecule has 1 aromatic heterocycles. The molecule has 32 heavy (non-hydrogen) atoms. The molecule has 2 heterocycles. The van der Waals surface area contributed by atoms with Gasteiger partial charge >= 0.3 is 11.8 Å². The molecule has 3 N–H and O–H groups in total. The Balaban J connectivity index is 2.22. The number of nitrogens with two attached hydrogens (primary N) is 1. The van der Waals surface area contributed by atoms with Gasteiger partial charge in [-0.15, -0.1) is 0 Å². The number of likely N-dealkylation sites (tertiary alicyclic amines) is 1. The van der Waals surface area contributed by atoms with Crippen molar-refractivity contribution in [1.29, 1.82) is 0 Å². The predicted molar refractivity (Wildman–Crippen MR) is 120 cm³/mol. The maximum atomic E-state index is 13.0. The van der Waals surface area contributed by atoms with Gasteiger partial charge in [0.1, 0.15) is 5.76 Å². The smallest absolute Gasteiger partial charge is 0.313 e. The molecule has 3 amide bonds. The van der Waals surface area contributed by atoms with E-state index in [1.165, 1.54) is 30.5 Å². The average molecular weight is 443 g/mol. The zero-order chi connectivity index (χ0) is 23.8. The molecule has 0 spiro atoms. The highest BCUT2D eigenvalue weighted by Gasteiger charge is 2.34. The number of methoxy groups -OCH3 is 2. The zero-order valence-corrected chi connectivity index (χ0v) is 18.9. The summed E-state index contributed by atoms with van der Waals surface area (Å²) in [4.78, 5) is 42.4. The van der Waals surface area contributed by atoms with E-state index < -0.39 is 17.7 Å². The number of nitrogens with one attached hydrogen (secondary N) is 1. The van der Waals surface area contributed by atoms with Crippen LogP contribution in [0.3, 0.4) is 0 Å². The highest BCUT2D eigenvalue weighted by atomic mass is 16.5. The molecule has 1 aliphatic heterocycles. The van der Waals surface area contributed by atoms with Crippen molar-refractivity contribution in [3.05, 3.63) is 59.8 Å². The van der Waals surface area contributed by atoms with Gasteiger partial charge in [-0.3, -0.25) is 19.4 Å². The van der Waals surface area contributed by atoms with Crippen LogP contribution in [0.1, 0.15) is 37.0 Å². The quantitative estimate of drug-likeness (QED) is 0.380. The van der Waals surface area contributed by atoms with Crippen molar-refractivity contribution in [2.45, 2.75) is 32.7 Å². The molecular weight excluding hydrogens is 412 g/mol. The van der Waals surface area contributed by atoms with E-state index in [4.69, 9.17) is 15.2 Å². The third-order valence-electron chi connectivity index (χ3n) is 5.21. The van der Waals surface area contributed by atoms with Crippen molar-refractivity contribution in [2.75, 3.05) is 26.1 Å². The molecule has 1 saturated heterocycles. The number of carbonyl (C=O) groups is 3. The number of rotatable bonds is 7. The van der Waals surface area contributed by atoms with Crippen LogP contribution < -0.4 is 11.1 Å². The molecule has 0 aromatic carbocycles. The molecular formula is C23H30N4O5. The summed E-state index contributed by atoms with van der Waals surface area (Å²) < 4.78 is 10.5. The summed E-state index contributed by atoms with van der Waals surface area (Å²) in [5.41, 5.74) is 6.23. The van der Waals surface area contributed by atoms with Crippen molar-refractivity contribution < 1.29 is 23.9 Å². The van der Waals surface area contributed by atoms with Gasteiger partial charge in [0.15, 0.2) is 0 Å². The fourth-order valence-electron chi connectivity index (χ4n) is 3.42. The molecule has 9 heteroatoms. The summed E-state index contributed by atoms with van der Waals surface area (Å²) in [6.45, 7) is 8.35. The number of allylic oxidation sites excluding steroid dienone is 2. The first-order valence-electron chi connectivity index (χ1n) is 10.2. The number of anilines is 1. The lowest BCUT2D eigenvalue weighted by Crippen LogP contribution is -2.50. The third kappa shape index (κ3) is 6.44. The maximum absolute atomic E-state index is 13.0. The molecule has 9 nitrogen and oxygen atoms in total. The first-order chi connectivity index (χ1) is 15.2. The van der Waals surface area contributed by atoms with Crippen molar-refractivity contribution >= 4 is 23.4 Å².